The predicted molar refractivity (Wildman–Crippen MR) is 79.4 cm³/mol. The van der Waals surface area contributed by atoms with Crippen LogP contribution in [-0.2, 0) is 6.42 Å². The summed E-state index contributed by atoms with van der Waals surface area (Å²) in [6.45, 7) is 3.99. The minimum atomic E-state index is -0.399. The third-order valence-corrected chi connectivity index (χ3v) is 4.99. The quantitative estimate of drug-likeness (QED) is 0.926. The number of β-amino-alcohol motifs (C(OH)–C–C–N with tert-alkyl or cyclic N) is 1. The van der Waals surface area contributed by atoms with Crippen molar-refractivity contribution in [3.63, 3.8) is 0 Å². The van der Waals surface area contributed by atoms with Crippen LogP contribution in [0.2, 0.25) is 0 Å². The van der Waals surface area contributed by atoms with Crippen molar-refractivity contribution in [3.8, 4) is 0 Å². The van der Waals surface area contributed by atoms with Gasteiger partial charge < -0.3 is 5.11 Å². The van der Waals surface area contributed by atoms with Crippen molar-refractivity contribution in [2.75, 3.05) is 13.1 Å². The van der Waals surface area contributed by atoms with E-state index in [9.17, 15) is 5.11 Å². The van der Waals surface area contributed by atoms with Crippen LogP contribution in [0, 0.1) is 0 Å². The summed E-state index contributed by atoms with van der Waals surface area (Å²) in [5.41, 5.74) is 2.45. The van der Waals surface area contributed by atoms with Gasteiger partial charge in [-0.3, -0.25) is 4.90 Å². The molecule has 1 aliphatic heterocycles. The molecule has 0 unspecified atom stereocenters. The molecule has 0 radical (unpaired) electrons. The van der Waals surface area contributed by atoms with Crippen LogP contribution < -0.4 is 0 Å². The van der Waals surface area contributed by atoms with Crippen molar-refractivity contribution in [2.45, 2.75) is 25.5 Å². The third-order valence-electron chi connectivity index (χ3n) is 4.00. The fraction of sp³-hybridized carbons (Fsp3) is 0.375. The smallest absolute Gasteiger partial charge is 0.0917 e. The third kappa shape index (κ3) is 2.59. The molecule has 1 aromatic carbocycles. The van der Waals surface area contributed by atoms with Gasteiger partial charge in [0.05, 0.1) is 6.10 Å². The number of nitrogens with zero attached hydrogens (tertiary/aromatic N) is 1. The predicted octanol–water partition coefficient (Wildman–Crippen LogP) is 3.40. The molecular weight excluding hydrogens is 254 g/mol. The summed E-state index contributed by atoms with van der Waals surface area (Å²) in [7, 11) is 0. The second-order valence-corrected chi connectivity index (χ2v) is 6.15. The van der Waals surface area contributed by atoms with Crippen LogP contribution in [-0.4, -0.2) is 23.1 Å². The van der Waals surface area contributed by atoms with Crippen molar-refractivity contribution < 1.29 is 5.11 Å². The molecule has 0 fully saturated rings. The zero-order valence-electron chi connectivity index (χ0n) is 11.1. The first kappa shape index (κ1) is 12.9. The van der Waals surface area contributed by atoms with Crippen molar-refractivity contribution in [1.82, 2.24) is 4.90 Å². The number of benzene rings is 1. The molecular formula is C16H19NOS. The molecule has 2 nitrogen and oxygen atoms in total. The fourth-order valence-corrected chi connectivity index (χ4v) is 3.78. The van der Waals surface area contributed by atoms with Crippen LogP contribution in [0.4, 0.5) is 0 Å². The number of thiophene rings is 1. The van der Waals surface area contributed by atoms with Gasteiger partial charge in [-0.15, -0.1) is 11.3 Å². The summed E-state index contributed by atoms with van der Waals surface area (Å²) in [5, 5.41) is 12.5. The summed E-state index contributed by atoms with van der Waals surface area (Å²) in [5.74, 6) is 0. The second-order valence-electron chi connectivity index (χ2n) is 5.15. The average Bonchev–Trinajstić information content (AvgIpc) is 2.92. The number of aliphatic hydroxyl groups excluding tert-OH is 1. The maximum Gasteiger partial charge on any atom is 0.0917 e. The van der Waals surface area contributed by atoms with E-state index in [0.717, 1.165) is 18.5 Å². The van der Waals surface area contributed by atoms with E-state index in [2.05, 4.69) is 23.3 Å². The molecule has 0 amide bonds. The molecule has 2 aromatic rings. The van der Waals surface area contributed by atoms with Crippen LogP contribution in [0.15, 0.2) is 41.8 Å². The van der Waals surface area contributed by atoms with Crippen LogP contribution in [0.3, 0.4) is 0 Å². The highest BCUT2D eigenvalue weighted by molar-refractivity contribution is 7.10. The molecule has 1 aliphatic rings. The van der Waals surface area contributed by atoms with E-state index in [1.54, 1.807) is 0 Å². The highest BCUT2D eigenvalue weighted by atomic mass is 32.1. The lowest BCUT2D eigenvalue weighted by Crippen LogP contribution is -2.36. The van der Waals surface area contributed by atoms with Crippen LogP contribution >= 0.6 is 11.3 Å². The fourth-order valence-electron chi connectivity index (χ4n) is 2.81. The monoisotopic (exact) mass is 273 g/mol. The highest BCUT2D eigenvalue weighted by Gasteiger charge is 2.26. The minimum absolute atomic E-state index is 0.399. The van der Waals surface area contributed by atoms with Gasteiger partial charge in [0.25, 0.3) is 0 Å². The Bertz CT molecular complexity index is 537. The summed E-state index contributed by atoms with van der Waals surface area (Å²) in [6.07, 6.45) is 0.711. The van der Waals surface area contributed by atoms with Gasteiger partial charge in [0.2, 0.25) is 0 Å². The Morgan fingerprint density at radius 1 is 1.32 bits per heavy atom. The first-order chi connectivity index (χ1) is 9.25. The number of hydrogen-bond donors (Lipinski definition) is 1. The molecule has 0 aliphatic carbocycles. The number of hydrogen-bond acceptors (Lipinski definition) is 3. The zero-order valence-corrected chi connectivity index (χ0v) is 11.9. The topological polar surface area (TPSA) is 23.5 Å². The molecule has 1 aromatic heterocycles. The van der Waals surface area contributed by atoms with Crippen molar-refractivity contribution in [3.05, 3.63) is 57.8 Å². The SMILES string of the molecule is C[C@H]1c2ccsc2CCN1C[C@@H](O)c1ccccc1. The van der Waals surface area contributed by atoms with Crippen molar-refractivity contribution in [2.24, 2.45) is 0 Å². The Kier molecular flexibility index (Phi) is 3.69. The zero-order chi connectivity index (χ0) is 13.2. The van der Waals surface area contributed by atoms with Crippen molar-refractivity contribution >= 4 is 11.3 Å². The maximum absolute atomic E-state index is 10.4. The molecule has 0 saturated carbocycles. The number of rotatable bonds is 3. The summed E-state index contributed by atoms with van der Waals surface area (Å²) in [4.78, 5) is 3.89. The van der Waals surface area contributed by atoms with E-state index < -0.39 is 6.10 Å². The number of aliphatic hydroxyl groups is 1. The molecule has 100 valence electrons. The summed E-state index contributed by atoms with van der Waals surface area (Å²) >= 11 is 1.86. The normalized spacial score (nSPS) is 21.1. The first-order valence-corrected chi connectivity index (χ1v) is 7.67. The van der Waals surface area contributed by atoms with Gasteiger partial charge in [-0.05, 0) is 35.9 Å². The molecule has 1 N–H and O–H groups in total. The van der Waals surface area contributed by atoms with Gasteiger partial charge in [0.1, 0.15) is 0 Å². The van der Waals surface area contributed by atoms with Crippen LogP contribution in [0.5, 0.6) is 0 Å². The molecule has 0 spiro atoms. The summed E-state index contributed by atoms with van der Waals surface area (Å²) < 4.78 is 0. The van der Waals surface area contributed by atoms with E-state index in [4.69, 9.17) is 0 Å². The van der Waals surface area contributed by atoms with E-state index in [1.165, 1.54) is 10.4 Å². The van der Waals surface area contributed by atoms with Crippen LogP contribution in [0.1, 0.15) is 35.1 Å². The molecule has 2 atom stereocenters. The van der Waals surface area contributed by atoms with Gasteiger partial charge >= 0.3 is 0 Å². The van der Waals surface area contributed by atoms with E-state index in [0.29, 0.717) is 12.6 Å². The largest absolute Gasteiger partial charge is 0.387 e. The van der Waals surface area contributed by atoms with Gasteiger partial charge in [0, 0.05) is 24.0 Å². The van der Waals surface area contributed by atoms with Crippen molar-refractivity contribution in [1.29, 1.82) is 0 Å². The van der Waals surface area contributed by atoms with Gasteiger partial charge in [-0.2, -0.15) is 0 Å². The molecule has 0 bridgehead atoms. The Morgan fingerprint density at radius 2 is 2.11 bits per heavy atom. The van der Waals surface area contributed by atoms with E-state index in [-0.39, 0.29) is 0 Å². The average molecular weight is 273 g/mol. The lowest BCUT2D eigenvalue weighted by Gasteiger charge is -2.35. The maximum atomic E-state index is 10.4. The standard InChI is InChI=1S/C16H19NOS/c1-12-14-8-10-19-16(14)7-9-17(12)11-15(18)13-5-3-2-4-6-13/h2-6,8,10,12,15,18H,7,9,11H2,1H3/t12-,15+/m0/s1. The molecule has 2 heterocycles. The first-order valence-electron chi connectivity index (χ1n) is 6.79. The van der Waals surface area contributed by atoms with E-state index in [1.807, 2.05) is 41.7 Å². The van der Waals surface area contributed by atoms with Crippen LogP contribution in [0.25, 0.3) is 0 Å². The molecule has 3 heteroatoms. The Balaban J connectivity index is 1.71. The Labute approximate surface area is 118 Å². The summed E-state index contributed by atoms with van der Waals surface area (Å²) in [6, 6.07) is 12.6. The lowest BCUT2D eigenvalue weighted by atomic mass is 10.00. The van der Waals surface area contributed by atoms with Gasteiger partial charge in [-0.25, -0.2) is 0 Å². The number of fused-ring (bicyclic) bond motifs is 1. The van der Waals surface area contributed by atoms with E-state index >= 15 is 0 Å². The molecule has 0 saturated heterocycles. The Morgan fingerprint density at radius 3 is 2.89 bits per heavy atom. The Hall–Kier alpha value is -1.16. The minimum Gasteiger partial charge on any atom is -0.387 e. The lowest BCUT2D eigenvalue weighted by molar-refractivity contribution is 0.0871. The molecule has 19 heavy (non-hydrogen) atoms. The van der Waals surface area contributed by atoms with Gasteiger partial charge in [-0.1, -0.05) is 30.3 Å². The second kappa shape index (κ2) is 5.45. The molecule has 3 rings (SSSR count). The van der Waals surface area contributed by atoms with Gasteiger partial charge in [0.15, 0.2) is 0 Å². The highest BCUT2D eigenvalue weighted by Crippen LogP contribution is 2.33.